The topological polar surface area (TPSA) is 38.8 Å². The van der Waals surface area contributed by atoms with Crippen molar-refractivity contribution in [1.82, 2.24) is 0 Å². The number of rotatable bonds is 3. The molecule has 0 aliphatic carbocycles. The predicted molar refractivity (Wildman–Crippen MR) is 81.9 cm³/mol. The van der Waals surface area contributed by atoms with Crippen LogP contribution in [0.15, 0.2) is 18.2 Å². The van der Waals surface area contributed by atoms with Crippen molar-refractivity contribution >= 4 is 24.6 Å². The fourth-order valence-electron chi connectivity index (χ4n) is 2.26. The molecule has 1 fully saturated rings. The lowest BCUT2D eigenvalue weighted by atomic mass is 9.75. The van der Waals surface area contributed by atoms with Crippen molar-refractivity contribution in [3.63, 3.8) is 0 Å². The van der Waals surface area contributed by atoms with Gasteiger partial charge in [-0.05, 0) is 39.2 Å². The minimum Gasteiger partial charge on any atom is -0.399 e. The molecule has 1 aromatic rings. The van der Waals surface area contributed by atoms with Crippen LogP contribution >= 0.6 is 0 Å². The van der Waals surface area contributed by atoms with Gasteiger partial charge in [0, 0.05) is 25.3 Å². The van der Waals surface area contributed by atoms with Gasteiger partial charge in [0.1, 0.15) is 0 Å². The van der Waals surface area contributed by atoms with Crippen LogP contribution in [0.2, 0.25) is 0 Å². The fraction of sp³-hybridized carbons (Fsp3) is 0.533. The normalized spacial score (nSPS) is 20.0. The van der Waals surface area contributed by atoms with E-state index in [4.69, 9.17) is 9.31 Å². The van der Waals surface area contributed by atoms with E-state index in [9.17, 15) is 4.79 Å². The van der Waals surface area contributed by atoms with Crippen molar-refractivity contribution in [3.8, 4) is 0 Å². The van der Waals surface area contributed by atoms with Gasteiger partial charge >= 0.3 is 7.12 Å². The van der Waals surface area contributed by atoms with Gasteiger partial charge in [-0.1, -0.05) is 12.1 Å². The molecule has 108 valence electrons. The van der Waals surface area contributed by atoms with Gasteiger partial charge in [0.15, 0.2) is 6.29 Å². The van der Waals surface area contributed by atoms with E-state index in [1.165, 1.54) is 0 Å². The molecule has 1 aliphatic rings. The smallest absolute Gasteiger partial charge is 0.399 e. The second-order valence-corrected chi connectivity index (χ2v) is 6.38. The quantitative estimate of drug-likeness (QED) is 0.623. The Morgan fingerprint density at radius 3 is 2.10 bits per heavy atom. The Morgan fingerprint density at radius 2 is 1.65 bits per heavy atom. The van der Waals surface area contributed by atoms with Crippen molar-refractivity contribution in [1.29, 1.82) is 0 Å². The van der Waals surface area contributed by atoms with Crippen LogP contribution in [-0.2, 0) is 9.31 Å². The van der Waals surface area contributed by atoms with E-state index >= 15 is 0 Å². The third-order valence-corrected chi connectivity index (χ3v) is 4.22. The molecule has 4 nitrogen and oxygen atoms in total. The molecule has 1 heterocycles. The Morgan fingerprint density at radius 1 is 1.10 bits per heavy atom. The van der Waals surface area contributed by atoms with Crippen LogP contribution in [0.1, 0.15) is 38.1 Å². The van der Waals surface area contributed by atoms with Gasteiger partial charge in [-0.15, -0.1) is 0 Å². The van der Waals surface area contributed by atoms with Crippen LogP contribution in [0.25, 0.3) is 0 Å². The van der Waals surface area contributed by atoms with E-state index in [0.717, 1.165) is 17.4 Å². The summed E-state index contributed by atoms with van der Waals surface area (Å²) in [6, 6.07) is 5.72. The average Bonchev–Trinajstić information content (AvgIpc) is 2.57. The first-order valence-electron chi connectivity index (χ1n) is 6.80. The largest absolute Gasteiger partial charge is 0.495 e. The Labute approximate surface area is 121 Å². The number of hydrogen-bond acceptors (Lipinski definition) is 4. The maximum Gasteiger partial charge on any atom is 0.495 e. The zero-order valence-corrected chi connectivity index (χ0v) is 13.1. The maximum absolute atomic E-state index is 11.5. The molecular weight excluding hydrogens is 253 g/mol. The van der Waals surface area contributed by atoms with Gasteiger partial charge in [0.05, 0.1) is 11.2 Å². The first kappa shape index (κ1) is 15.1. The highest BCUT2D eigenvalue weighted by Crippen LogP contribution is 2.37. The molecule has 0 atom stereocenters. The number of hydrogen-bond donors (Lipinski definition) is 0. The Kier molecular flexibility index (Phi) is 3.69. The van der Waals surface area contributed by atoms with Crippen LogP contribution < -0.4 is 10.4 Å². The summed E-state index contributed by atoms with van der Waals surface area (Å²) in [7, 11) is 3.31. The lowest BCUT2D eigenvalue weighted by molar-refractivity contribution is 0.00578. The zero-order chi connectivity index (χ0) is 15.1. The van der Waals surface area contributed by atoms with E-state index in [2.05, 4.69) is 0 Å². The van der Waals surface area contributed by atoms with Gasteiger partial charge in [-0.2, -0.15) is 0 Å². The Balaban J connectivity index is 2.45. The van der Waals surface area contributed by atoms with E-state index < -0.39 is 18.3 Å². The lowest BCUT2D eigenvalue weighted by Crippen LogP contribution is -2.41. The highest BCUT2D eigenvalue weighted by Gasteiger charge is 2.52. The minimum absolute atomic E-state index is 0.411. The molecule has 5 heteroatoms. The number of benzene rings is 1. The standard InChI is InChI=1S/C15H22BNO3/c1-14(2)15(3,4)20-16(19-14)12-8-7-9-13(17(5)6)11(12)10-18/h7-10H,1-6H3. The van der Waals surface area contributed by atoms with Crippen LogP contribution in [0, 0.1) is 0 Å². The molecule has 0 amide bonds. The minimum atomic E-state index is -0.514. The van der Waals surface area contributed by atoms with Crippen LogP contribution in [0.5, 0.6) is 0 Å². The van der Waals surface area contributed by atoms with E-state index in [1.807, 2.05) is 64.9 Å². The number of aldehydes is 1. The van der Waals surface area contributed by atoms with Gasteiger partial charge in [0.25, 0.3) is 0 Å². The van der Waals surface area contributed by atoms with Gasteiger partial charge in [-0.3, -0.25) is 4.79 Å². The molecule has 1 aliphatic heterocycles. The molecule has 0 N–H and O–H groups in total. The number of nitrogens with zero attached hydrogens (tertiary/aromatic N) is 1. The molecule has 0 aromatic heterocycles. The highest BCUT2D eigenvalue weighted by atomic mass is 16.7. The van der Waals surface area contributed by atoms with Crippen molar-refractivity contribution < 1.29 is 14.1 Å². The molecule has 0 spiro atoms. The van der Waals surface area contributed by atoms with Crippen LogP contribution in [-0.4, -0.2) is 38.7 Å². The third kappa shape index (κ3) is 2.36. The summed E-state index contributed by atoms with van der Waals surface area (Å²) in [5.41, 5.74) is 1.45. The second-order valence-electron chi connectivity index (χ2n) is 6.38. The first-order chi connectivity index (χ1) is 9.19. The Hall–Kier alpha value is -1.33. The number of carbonyl (C=O) groups is 1. The molecule has 0 bridgehead atoms. The molecule has 1 saturated heterocycles. The molecule has 0 saturated carbocycles. The highest BCUT2D eigenvalue weighted by molar-refractivity contribution is 6.63. The Bertz CT molecular complexity index is 510. The molecular formula is C15H22BNO3. The second kappa shape index (κ2) is 4.90. The molecule has 0 radical (unpaired) electrons. The van der Waals surface area contributed by atoms with Crippen molar-refractivity contribution in [3.05, 3.63) is 23.8 Å². The molecule has 0 unspecified atom stereocenters. The van der Waals surface area contributed by atoms with Crippen LogP contribution in [0.4, 0.5) is 5.69 Å². The van der Waals surface area contributed by atoms with Gasteiger partial charge in [0.2, 0.25) is 0 Å². The third-order valence-electron chi connectivity index (χ3n) is 4.22. The predicted octanol–water partition coefficient (Wildman–Crippen LogP) is 1.86. The van der Waals surface area contributed by atoms with Crippen molar-refractivity contribution in [2.75, 3.05) is 19.0 Å². The molecule has 2 rings (SSSR count). The molecule has 20 heavy (non-hydrogen) atoms. The van der Waals surface area contributed by atoms with Crippen molar-refractivity contribution in [2.24, 2.45) is 0 Å². The monoisotopic (exact) mass is 275 g/mol. The maximum atomic E-state index is 11.5. The van der Waals surface area contributed by atoms with Crippen LogP contribution in [0.3, 0.4) is 0 Å². The van der Waals surface area contributed by atoms with E-state index in [-0.39, 0.29) is 0 Å². The summed E-state index contributed by atoms with van der Waals surface area (Å²) in [5.74, 6) is 0. The summed E-state index contributed by atoms with van der Waals surface area (Å²) in [4.78, 5) is 13.4. The van der Waals surface area contributed by atoms with Crippen molar-refractivity contribution in [2.45, 2.75) is 38.9 Å². The lowest BCUT2D eigenvalue weighted by Gasteiger charge is -2.32. The summed E-state index contributed by atoms with van der Waals surface area (Å²) in [6.07, 6.45) is 0.871. The fourth-order valence-corrected chi connectivity index (χ4v) is 2.26. The summed E-state index contributed by atoms with van der Waals surface area (Å²) in [5, 5.41) is 0. The SMILES string of the molecule is CN(C)c1cccc(B2OC(C)(C)C(C)(C)O2)c1C=O. The van der Waals surface area contributed by atoms with Gasteiger partial charge in [-0.25, -0.2) is 0 Å². The first-order valence-corrected chi connectivity index (χ1v) is 6.80. The average molecular weight is 275 g/mol. The summed E-state index contributed by atoms with van der Waals surface area (Å²) < 4.78 is 12.1. The zero-order valence-electron chi connectivity index (χ0n) is 13.1. The summed E-state index contributed by atoms with van der Waals surface area (Å²) in [6.45, 7) is 8.01. The van der Waals surface area contributed by atoms with E-state index in [1.54, 1.807) is 0 Å². The van der Waals surface area contributed by atoms with E-state index in [0.29, 0.717) is 5.56 Å². The number of carbonyl (C=O) groups excluding carboxylic acids is 1. The molecule has 1 aromatic carbocycles. The number of anilines is 1. The summed E-state index contributed by atoms with van der Waals surface area (Å²) >= 11 is 0. The van der Waals surface area contributed by atoms with Gasteiger partial charge < -0.3 is 14.2 Å².